The normalized spacial score (nSPS) is 24.5. The second kappa shape index (κ2) is 18.8. The molecule has 4 aromatic carbocycles. The number of nitrogens with one attached hydrogen (secondary N) is 2. The topological polar surface area (TPSA) is 264 Å². The number of hydrogen-bond donors (Lipinski definition) is 6. The number of methoxy groups -OCH3 is 2. The van der Waals surface area contributed by atoms with Crippen LogP contribution >= 0.6 is 0 Å². The first kappa shape index (κ1) is 49.3. The molecule has 19 heteroatoms. The molecule has 0 bridgehead atoms. The van der Waals surface area contributed by atoms with E-state index in [9.17, 15) is 39.6 Å². The number of hydrogen-bond acceptors (Lipinski definition) is 17. The lowest BCUT2D eigenvalue weighted by molar-refractivity contribution is -0.306. The first-order chi connectivity index (χ1) is 33.7. The van der Waals surface area contributed by atoms with E-state index in [1.165, 1.54) is 26.4 Å². The standard InChI is InChI=1S/C52H54N2O17/c1-23-34(66-49-38(57)36(55)43(63-7)51(3,4)70-49)16-14-26-21-32(47(61)68-40(23)26)53-45(59)28-13-12-25-18-19-65-42-29(31(25)20-28)10-9-11-30(42)46(60)54-33-22-27-15-17-35(24(2)41(27)69-48(33)62)67-50-39(58)37(56)44(64-8)52(5,6)71-50/h9-17,20-22,36-39,43-44,49-50,55-58H,18-19H2,1-8H3,(H,53,59)(H,54,60)/t36-,37-,38+,39+,43+,44+,49+,50+/m0/s1. The van der Waals surface area contributed by atoms with E-state index in [1.54, 1.807) is 102 Å². The number of anilines is 2. The summed E-state index contributed by atoms with van der Waals surface area (Å²) in [5.74, 6) is -0.603. The van der Waals surface area contributed by atoms with Gasteiger partial charge < -0.3 is 73.1 Å². The number of benzene rings is 4. The molecule has 3 aliphatic heterocycles. The van der Waals surface area contributed by atoms with Gasteiger partial charge in [-0.2, -0.15) is 0 Å². The predicted octanol–water partition coefficient (Wildman–Crippen LogP) is 5.12. The van der Waals surface area contributed by atoms with E-state index in [2.05, 4.69) is 10.6 Å². The summed E-state index contributed by atoms with van der Waals surface area (Å²) < 4.78 is 52.2. The molecule has 2 saturated heterocycles. The Morgan fingerprint density at radius 2 is 1.14 bits per heavy atom. The number of aliphatic hydroxyl groups excluding tert-OH is 4. The summed E-state index contributed by atoms with van der Waals surface area (Å²) in [6.07, 6.45) is -9.25. The molecular weight excluding hydrogens is 925 g/mol. The summed E-state index contributed by atoms with van der Waals surface area (Å²) in [4.78, 5) is 54.6. The van der Waals surface area contributed by atoms with E-state index in [0.29, 0.717) is 39.4 Å². The van der Waals surface area contributed by atoms with Crippen molar-refractivity contribution in [1.82, 2.24) is 0 Å². The van der Waals surface area contributed by atoms with Gasteiger partial charge in [-0.05, 0) is 107 Å². The van der Waals surface area contributed by atoms with Crippen molar-refractivity contribution in [3.8, 4) is 28.4 Å². The lowest BCUT2D eigenvalue weighted by Crippen LogP contribution is -2.63. The molecule has 19 nitrogen and oxygen atoms in total. The van der Waals surface area contributed by atoms with Crippen LogP contribution < -0.4 is 36.1 Å². The SMILES string of the molecule is CO[C@@H]1[C@@H](O)[C@@H](O)[C@H](Oc2ccc3cc(NC(=O)c4ccc5c(c4)-c4cccc(C(=O)Nc6cc7ccc(O[C@@H]8OC(C)(C)[C@H](OC)[C@@H](O)[C@H]8O)c(C)c7oc6=O)c4OCC5)c(=O)oc3c2C)OC1(C)C. The van der Waals surface area contributed by atoms with Gasteiger partial charge in [-0.25, -0.2) is 9.59 Å². The van der Waals surface area contributed by atoms with Crippen LogP contribution in [0.2, 0.25) is 0 Å². The van der Waals surface area contributed by atoms with Crippen molar-refractivity contribution in [3.63, 3.8) is 0 Å². The van der Waals surface area contributed by atoms with E-state index in [0.717, 1.165) is 5.56 Å². The molecule has 6 aromatic rings. The Balaban J connectivity index is 0.922. The maximum Gasteiger partial charge on any atom is 0.360 e. The zero-order valence-corrected chi connectivity index (χ0v) is 40.1. The van der Waals surface area contributed by atoms with Gasteiger partial charge in [-0.15, -0.1) is 0 Å². The second-order valence-electron chi connectivity index (χ2n) is 18.9. The number of aryl methyl sites for hydroxylation is 2. The van der Waals surface area contributed by atoms with E-state index < -0.39 is 83.5 Å². The smallest absolute Gasteiger partial charge is 0.360 e. The Bertz CT molecular complexity index is 3200. The molecule has 2 amide bonds. The first-order valence-corrected chi connectivity index (χ1v) is 22.8. The van der Waals surface area contributed by atoms with Crippen molar-refractivity contribution in [2.75, 3.05) is 31.5 Å². The van der Waals surface area contributed by atoms with Crippen LogP contribution in [0.15, 0.2) is 91.2 Å². The molecule has 0 radical (unpaired) electrons. The van der Waals surface area contributed by atoms with E-state index in [4.69, 9.17) is 42.0 Å². The molecule has 3 aliphatic rings. The third-order valence-corrected chi connectivity index (χ3v) is 13.3. The van der Waals surface area contributed by atoms with Gasteiger partial charge in [0.25, 0.3) is 11.8 Å². The Labute approximate surface area is 405 Å². The molecule has 71 heavy (non-hydrogen) atoms. The fourth-order valence-corrected chi connectivity index (χ4v) is 9.62. The highest BCUT2D eigenvalue weighted by atomic mass is 16.7. The highest BCUT2D eigenvalue weighted by molar-refractivity contribution is 6.09. The maximum absolute atomic E-state index is 14.0. The van der Waals surface area contributed by atoms with Crippen LogP contribution in [0.1, 0.15) is 65.1 Å². The minimum atomic E-state index is -1.45. The molecule has 0 unspecified atom stereocenters. The Kier molecular flexibility index (Phi) is 13.1. The van der Waals surface area contributed by atoms with Crippen molar-refractivity contribution >= 4 is 45.1 Å². The van der Waals surface area contributed by atoms with Crippen LogP contribution in [-0.4, -0.2) is 113 Å². The highest BCUT2D eigenvalue weighted by Crippen LogP contribution is 2.40. The van der Waals surface area contributed by atoms with Crippen molar-refractivity contribution < 1.29 is 72.0 Å². The van der Waals surface area contributed by atoms with Gasteiger partial charge in [0.05, 0.1) is 23.4 Å². The molecule has 2 aromatic heterocycles. The number of fused-ring (bicyclic) bond motifs is 5. The number of rotatable bonds is 10. The van der Waals surface area contributed by atoms with Crippen LogP contribution in [0.3, 0.4) is 0 Å². The second-order valence-corrected chi connectivity index (χ2v) is 18.9. The average molecular weight is 979 g/mol. The van der Waals surface area contributed by atoms with Crippen LogP contribution in [0.25, 0.3) is 33.1 Å². The summed E-state index contributed by atoms with van der Waals surface area (Å²) in [6, 6.07) is 19.3. The van der Waals surface area contributed by atoms with Gasteiger partial charge in [-0.3, -0.25) is 9.59 Å². The maximum atomic E-state index is 14.0. The molecule has 0 aliphatic carbocycles. The largest absolute Gasteiger partial charge is 0.492 e. The van der Waals surface area contributed by atoms with Crippen LogP contribution in [0.5, 0.6) is 17.2 Å². The Morgan fingerprint density at radius 1 is 0.634 bits per heavy atom. The zero-order chi connectivity index (χ0) is 50.8. The van der Waals surface area contributed by atoms with Gasteiger partial charge in [0, 0.05) is 53.7 Å². The number of aliphatic hydroxyl groups is 4. The summed E-state index contributed by atoms with van der Waals surface area (Å²) in [5.41, 5.74) is -0.592. The zero-order valence-electron chi connectivity index (χ0n) is 40.1. The minimum absolute atomic E-state index is 0.109. The van der Waals surface area contributed by atoms with Crippen molar-refractivity contribution in [2.45, 2.75) is 108 Å². The third-order valence-electron chi connectivity index (χ3n) is 13.3. The lowest BCUT2D eigenvalue weighted by atomic mass is 9.89. The van der Waals surface area contributed by atoms with Crippen molar-refractivity contribution in [2.24, 2.45) is 0 Å². The molecule has 6 N–H and O–H groups in total. The molecule has 2 fully saturated rings. The first-order valence-electron chi connectivity index (χ1n) is 22.8. The van der Waals surface area contributed by atoms with E-state index >= 15 is 0 Å². The molecule has 374 valence electrons. The molecule has 9 rings (SSSR count). The third kappa shape index (κ3) is 9.04. The summed E-state index contributed by atoms with van der Waals surface area (Å²) in [7, 11) is 2.82. The van der Waals surface area contributed by atoms with Crippen molar-refractivity contribution in [3.05, 3.63) is 121 Å². The fraction of sp³-hybridized carbons (Fsp3) is 0.385. The van der Waals surface area contributed by atoms with Crippen LogP contribution in [0, 0.1) is 13.8 Å². The number of carbonyl (C=O) groups excluding carboxylic acids is 2. The Hall–Kier alpha value is -6.68. The van der Waals surface area contributed by atoms with E-state index in [1.807, 2.05) is 0 Å². The van der Waals surface area contributed by atoms with Crippen LogP contribution in [-0.2, 0) is 25.4 Å². The molecule has 0 saturated carbocycles. The van der Waals surface area contributed by atoms with Gasteiger partial charge in [-0.1, -0.05) is 18.2 Å². The van der Waals surface area contributed by atoms with Gasteiger partial charge in [0.2, 0.25) is 12.6 Å². The molecule has 5 heterocycles. The monoisotopic (exact) mass is 978 g/mol. The fourth-order valence-electron chi connectivity index (χ4n) is 9.62. The Morgan fingerprint density at radius 3 is 1.65 bits per heavy atom. The van der Waals surface area contributed by atoms with Gasteiger partial charge >= 0.3 is 11.3 Å². The quantitative estimate of drug-likeness (QED) is 0.0973. The minimum Gasteiger partial charge on any atom is -0.492 e. The highest BCUT2D eigenvalue weighted by Gasteiger charge is 2.52. The summed E-state index contributed by atoms with van der Waals surface area (Å²) in [5, 5.41) is 49.2. The molecular formula is C52H54N2O17. The van der Waals surface area contributed by atoms with Gasteiger partial charge in [0.1, 0.15) is 76.4 Å². The predicted molar refractivity (Wildman–Crippen MR) is 256 cm³/mol. The van der Waals surface area contributed by atoms with Gasteiger partial charge in [0.15, 0.2) is 0 Å². The lowest BCUT2D eigenvalue weighted by Gasteiger charge is -2.46. The van der Waals surface area contributed by atoms with Crippen LogP contribution in [0.4, 0.5) is 11.4 Å². The summed E-state index contributed by atoms with van der Waals surface area (Å²) >= 11 is 0. The average Bonchev–Trinajstić information content (AvgIpc) is 3.51. The number of para-hydroxylation sites is 1. The van der Waals surface area contributed by atoms with E-state index in [-0.39, 0.29) is 57.5 Å². The number of amides is 2. The molecule has 8 atom stereocenters. The number of ether oxygens (including phenoxy) is 7. The molecule has 0 spiro atoms. The number of carbonyl (C=O) groups is 2. The summed E-state index contributed by atoms with van der Waals surface area (Å²) in [6.45, 7) is 10.3. The van der Waals surface area contributed by atoms with Crippen molar-refractivity contribution in [1.29, 1.82) is 0 Å².